The molecule has 0 amide bonds. The van der Waals surface area contributed by atoms with E-state index in [1.165, 1.54) is 37.3 Å². The lowest BCUT2D eigenvalue weighted by molar-refractivity contribution is 0.264. The Morgan fingerprint density at radius 3 is 2.70 bits per heavy atom. The van der Waals surface area contributed by atoms with E-state index in [9.17, 15) is 0 Å². The van der Waals surface area contributed by atoms with Crippen molar-refractivity contribution in [1.82, 2.24) is 24.5 Å². The zero-order valence-corrected chi connectivity index (χ0v) is 14.9. The van der Waals surface area contributed by atoms with E-state index >= 15 is 0 Å². The molecule has 0 aliphatic carbocycles. The van der Waals surface area contributed by atoms with Gasteiger partial charge >= 0.3 is 0 Å². The molecule has 2 aromatic heterocycles. The number of hydrogen-bond acceptors (Lipinski definition) is 6. The van der Waals surface area contributed by atoms with Crippen molar-refractivity contribution in [3.63, 3.8) is 0 Å². The van der Waals surface area contributed by atoms with Crippen LogP contribution in [0.5, 0.6) is 0 Å². The smallest absolute Gasteiger partial charge is 0.254 e. The zero-order chi connectivity index (χ0) is 16.0. The Labute approximate surface area is 141 Å². The normalized spacial score (nSPS) is 25.8. The molecule has 0 bridgehead atoms. The standard InChI is InChI=1S/C16H24N6S/c1-11-12(2)19-16-17-10-18-22(16)15(11)21-8-13(14(9-21)23-3)20-6-4-5-7-20/h10,13-14H,4-9H2,1-3H3/t13-,14-/m0/s1. The second-order valence-electron chi connectivity index (χ2n) is 6.61. The third-order valence-electron chi connectivity index (χ3n) is 5.33. The van der Waals surface area contributed by atoms with Crippen molar-refractivity contribution in [3.8, 4) is 0 Å². The Hall–Kier alpha value is -1.34. The highest BCUT2D eigenvalue weighted by Gasteiger charge is 2.38. The Balaban J connectivity index is 1.71. The second-order valence-corrected chi connectivity index (χ2v) is 7.68. The van der Waals surface area contributed by atoms with Crippen LogP contribution in [0.25, 0.3) is 5.78 Å². The summed E-state index contributed by atoms with van der Waals surface area (Å²) >= 11 is 2.00. The fraction of sp³-hybridized carbons (Fsp3) is 0.688. The van der Waals surface area contributed by atoms with Crippen LogP contribution in [0.2, 0.25) is 0 Å². The van der Waals surface area contributed by atoms with Gasteiger partial charge in [0.15, 0.2) is 0 Å². The summed E-state index contributed by atoms with van der Waals surface area (Å²) in [6.07, 6.45) is 6.54. The van der Waals surface area contributed by atoms with Crippen molar-refractivity contribution in [2.45, 2.75) is 38.0 Å². The van der Waals surface area contributed by atoms with E-state index in [2.05, 4.69) is 45.0 Å². The summed E-state index contributed by atoms with van der Waals surface area (Å²) in [7, 11) is 0. The molecule has 0 spiro atoms. The molecule has 0 aromatic carbocycles. The SMILES string of the molecule is CS[C@H]1CN(c2c(C)c(C)nc3ncnn23)C[C@@H]1N1CCCC1. The van der Waals surface area contributed by atoms with Crippen LogP contribution < -0.4 is 4.90 Å². The van der Waals surface area contributed by atoms with Crippen molar-refractivity contribution in [2.24, 2.45) is 0 Å². The van der Waals surface area contributed by atoms with Crippen molar-refractivity contribution in [3.05, 3.63) is 17.6 Å². The molecule has 2 aromatic rings. The fourth-order valence-electron chi connectivity index (χ4n) is 3.97. The van der Waals surface area contributed by atoms with Crippen LogP contribution in [-0.4, -0.2) is 68.2 Å². The number of rotatable bonds is 3. The van der Waals surface area contributed by atoms with E-state index in [0.29, 0.717) is 17.1 Å². The maximum Gasteiger partial charge on any atom is 0.254 e. The van der Waals surface area contributed by atoms with Crippen LogP contribution in [0, 0.1) is 13.8 Å². The molecule has 0 unspecified atom stereocenters. The zero-order valence-electron chi connectivity index (χ0n) is 14.1. The molecule has 2 aliphatic rings. The van der Waals surface area contributed by atoms with Gasteiger partial charge in [0.1, 0.15) is 12.1 Å². The molecule has 0 radical (unpaired) electrons. The van der Waals surface area contributed by atoms with Gasteiger partial charge in [-0.25, -0.2) is 4.98 Å². The average Bonchev–Trinajstić information content (AvgIpc) is 3.27. The molecule has 0 saturated carbocycles. The predicted octanol–water partition coefficient (Wildman–Crippen LogP) is 1.76. The van der Waals surface area contributed by atoms with E-state index in [-0.39, 0.29) is 0 Å². The van der Waals surface area contributed by atoms with Gasteiger partial charge in [-0.15, -0.1) is 0 Å². The number of thioether (sulfide) groups is 1. The molecular weight excluding hydrogens is 308 g/mol. The van der Waals surface area contributed by atoms with Gasteiger partial charge in [0.2, 0.25) is 0 Å². The summed E-state index contributed by atoms with van der Waals surface area (Å²) in [4.78, 5) is 14.0. The first-order valence-electron chi connectivity index (χ1n) is 8.37. The summed E-state index contributed by atoms with van der Waals surface area (Å²) in [6, 6.07) is 0.638. The van der Waals surface area contributed by atoms with Gasteiger partial charge in [-0.1, -0.05) is 0 Å². The van der Waals surface area contributed by atoms with E-state index in [1.54, 1.807) is 6.33 Å². The Bertz CT molecular complexity index is 708. The lowest BCUT2D eigenvalue weighted by Crippen LogP contribution is -2.40. The highest BCUT2D eigenvalue weighted by atomic mass is 32.2. The maximum absolute atomic E-state index is 4.55. The van der Waals surface area contributed by atoms with Crippen LogP contribution in [0.15, 0.2) is 6.33 Å². The van der Waals surface area contributed by atoms with Gasteiger partial charge in [0.05, 0.1) is 0 Å². The lowest BCUT2D eigenvalue weighted by Gasteiger charge is -2.27. The monoisotopic (exact) mass is 332 g/mol. The summed E-state index contributed by atoms with van der Waals surface area (Å²) in [5.74, 6) is 1.87. The maximum atomic E-state index is 4.55. The molecular formula is C16H24N6S. The average molecular weight is 332 g/mol. The molecule has 0 N–H and O–H groups in total. The minimum atomic E-state index is 0.638. The van der Waals surface area contributed by atoms with E-state index in [0.717, 1.165) is 18.8 Å². The summed E-state index contributed by atoms with van der Waals surface area (Å²) < 4.78 is 1.91. The molecule has 2 atom stereocenters. The Morgan fingerprint density at radius 2 is 1.96 bits per heavy atom. The number of fused-ring (bicyclic) bond motifs is 1. The quantitative estimate of drug-likeness (QED) is 0.854. The van der Waals surface area contributed by atoms with Crippen molar-refractivity contribution >= 4 is 23.4 Å². The summed E-state index contributed by atoms with van der Waals surface area (Å²) in [5.41, 5.74) is 2.26. The van der Waals surface area contributed by atoms with Crippen LogP contribution >= 0.6 is 11.8 Å². The third kappa shape index (κ3) is 2.50. The Morgan fingerprint density at radius 1 is 1.17 bits per heavy atom. The molecule has 7 heteroatoms. The van der Waals surface area contributed by atoms with Crippen LogP contribution in [0.4, 0.5) is 5.82 Å². The molecule has 4 heterocycles. The second kappa shape index (κ2) is 5.94. The van der Waals surface area contributed by atoms with Crippen LogP contribution in [-0.2, 0) is 0 Å². The van der Waals surface area contributed by atoms with E-state index in [4.69, 9.17) is 0 Å². The highest BCUT2D eigenvalue weighted by Crippen LogP contribution is 2.33. The van der Waals surface area contributed by atoms with Crippen molar-refractivity contribution in [1.29, 1.82) is 0 Å². The fourth-order valence-corrected chi connectivity index (χ4v) is 4.87. The lowest BCUT2D eigenvalue weighted by atomic mass is 10.2. The molecule has 23 heavy (non-hydrogen) atoms. The van der Waals surface area contributed by atoms with Gasteiger partial charge < -0.3 is 4.90 Å². The first-order valence-corrected chi connectivity index (χ1v) is 9.66. The van der Waals surface area contributed by atoms with Gasteiger partial charge in [0, 0.05) is 35.6 Å². The minimum absolute atomic E-state index is 0.638. The van der Waals surface area contributed by atoms with E-state index in [1.807, 2.05) is 16.3 Å². The molecule has 2 saturated heterocycles. The molecule has 4 rings (SSSR count). The molecule has 2 fully saturated rings. The third-order valence-corrected chi connectivity index (χ3v) is 6.39. The predicted molar refractivity (Wildman–Crippen MR) is 94.4 cm³/mol. The summed E-state index contributed by atoms with van der Waals surface area (Å²) in [5, 5.41) is 5.07. The molecule has 2 aliphatic heterocycles. The number of aromatic nitrogens is 4. The van der Waals surface area contributed by atoms with Gasteiger partial charge in [-0.2, -0.15) is 26.4 Å². The highest BCUT2D eigenvalue weighted by molar-refractivity contribution is 7.99. The van der Waals surface area contributed by atoms with Crippen LogP contribution in [0.1, 0.15) is 24.1 Å². The van der Waals surface area contributed by atoms with Gasteiger partial charge in [-0.05, 0) is 46.0 Å². The number of hydrogen-bond donors (Lipinski definition) is 0. The Kier molecular flexibility index (Phi) is 3.93. The number of aryl methyl sites for hydroxylation is 1. The van der Waals surface area contributed by atoms with Crippen molar-refractivity contribution < 1.29 is 0 Å². The number of nitrogens with zero attached hydrogens (tertiary/aromatic N) is 6. The largest absolute Gasteiger partial charge is 0.353 e. The van der Waals surface area contributed by atoms with Crippen molar-refractivity contribution in [2.75, 3.05) is 37.3 Å². The first kappa shape index (κ1) is 15.2. The molecule has 6 nitrogen and oxygen atoms in total. The number of anilines is 1. The van der Waals surface area contributed by atoms with Crippen LogP contribution in [0.3, 0.4) is 0 Å². The van der Waals surface area contributed by atoms with Gasteiger partial charge in [0.25, 0.3) is 5.78 Å². The topological polar surface area (TPSA) is 49.6 Å². The minimum Gasteiger partial charge on any atom is -0.353 e. The van der Waals surface area contributed by atoms with E-state index < -0.39 is 0 Å². The first-order chi connectivity index (χ1) is 11.2. The van der Waals surface area contributed by atoms with Gasteiger partial charge in [-0.3, -0.25) is 4.90 Å². The number of likely N-dealkylation sites (tertiary alicyclic amines) is 1. The molecule has 124 valence electrons. The summed E-state index contributed by atoms with van der Waals surface area (Å²) in [6.45, 7) is 8.86.